The molecular weight excluding hydrogens is 481 g/mol. The molecule has 4 rings (SSSR count). The van der Waals surface area contributed by atoms with Gasteiger partial charge in [-0.15, -0.1) is 5.10 Å². The Morgan fingerprint density at radius 3 is 2.63 bits per heavy atom. The first-order chi connectivity index (χ1) is 16.8. The Labute approximate surface area is 204 Å². The Morgan fingerprint density at radius 1 is 1.20 bits per heavy atom. The number of rotatable bonds is 6. The highest BCUT2D eigenvalue weighted by Crippen LogP contribution is 2.28. The van der Waals surface area contributed by atoms with Gasteiger partial charge in [0.15, 0.2) is 0 Å². The minimum Gasteiger partial charge on any atom is -0.476 e. The molecule has 1 fully saturated rings. The summed E-state index contributed by atoms with van der Waals surface area (Å²) in [6.45, 7) is 3.64. The Kier molecular flexibility index (Phi) is 7.17. The van der Waals surface area contributed by atoms with Crippen LogP contribution in [0, 0.1) is 5.82 Å². The van der Waals surface area contributed by atoms with Crippen LogP contribution in [-0.2, 0) is 16.1 Å². The Hall–Kier alpha value is -3.70. The van der Waals surface area contributed by atoms with E-state index in [-0.39, 0.29) is 23.8 Å². The van der Waals surface area contributed by atoms with Crippen molar-refractivity contribution in [2.75, 3.05) is 43.6 Å². The van der Waals surface area contributed by atoms with Crippen LogP contribution in [-0.4, -0.2) is 53.7 Å². The molecule has 1 amide bonds. The predicted octanol–water partition coefficient (Wildman–Crippen LogP) is 2.04. The molecule has 12 heteroatoms. The van der Waals surface area contributed by atoms with Gasteiger partial charge in [-0.2, -0.15) is 4.68 Å². The van der Waals surface area contributed by atoms with Crippen molar-refractivity contribution < 1.29 is 18.7 Å². The maximum atomic E-state index is 14.1. The number of aromatic nitrogens is 3. The van der Waals surface area contributed by atoms with Crippen molar-refractivity contribution in [2.24, 2.45) is 0 Å². The quantitative estimate of drug-likeness (QED) is 0.548. The Balaban J connectivity index is 1.77. The number of nitrogens with one attached hydrogen (secondary N) is 1. The number of nitrogens with zero attached hydrogens (tertiary/aromatic N) is 4. The van der Waals surface area contributed by atoms with E-state index < -0.39 is 23.0 Å². The zero-order chi connectivity index (χ0) is 25.1. The van der Waals surface area contributed by atoms with Crippen molar-refractivity contribution in [3.63, 3.8) is 0 Å². The highest BCUT2D eigenvalue weighted by Gasteiger charge is 2.19. The summed E-state index contributed by atoms with van der Waals surface area (Å²) in [4.78, 5) is 39.7. The maximum Gasteiger partial charge on any atom is 0.352 e. The number of carbonyl (C=O) groups is 1. The van der Waals surface area contributed by atoms with Gasteiger partial charge in [-0.25, -0.2) is 13.8 Å². The number of amides is 1. The second-order valence-electron chi connectivity index (χ2n) is 7.83. The molecule has 0 atom stereocenters. The fourth-order valence-electron chi connectivity index (χ4n) is 3.74. The van der Waals surface area contributed by atoms with Crippen LogP contribution in [0.15, 0.2) is 46.0 Å². The van der Waals surface area contributed by atoms with Gasteiger partial charge in [0, 0.05) is 20.0 Å². The molecular formula is C23H23ClFN5O5. The van der Waals surface area contributed by atoms with E-state index in [1.807, 2.05) is 6.07 Å². The lowest BCUT2D eigenvalue weighted by Gasteiger charge is -2.30. The van der Waals surface area contributed by atoms with Crippen molar-refractivity contribution in [1.82, 2.24) is 14.3 Å². The average Bonchev–Trinajstić information content (AvgIpc) is 2.84. The van der Waals surface area contributed by atoms with Gasteiger partial charge in [-0.05, 0) is 35.9 Å². The molecule has 35 heavy (non-hydrogen) atoms. The van der Waals surface area contributed by atoms with Crippen LogP contribution in [0.5, 0.6) is 5.88 Å². The molecule has 2 aromatic carbocycles. The van der Waals surface area contributed by atoms with Crippen LogP contribution in [0.1, 0.15) is 12.5 Å². The number of hydrogen-bond donors (Lipinski definition) is 1. The monoisotopic (exact) mass is 503 g/mol. The third-order valence-electron chi connectivity index (χ3n) is 5.43. The summed E-state index contributed by atoms with van der Waals surface area (Å²) in [6.07, 6.45) is 0. The van der Waals surface area contributed by atoms with Gasteiger partial charge in [0.25, 0.3) is 5.88 Å². The van der Waals surface area contributed by atoms with Crippen LogP contribution >= 0.6 is 11.6 Å². The topological polar surface area (TPSA) is 108 Å². The highest BCUT2D eigenvalue weighted by atomic mass is 35.5. The molecule has 0 bridgehead atoms. The van der Waals surface area contributed by atoms with Gasteiger partial charge in [0.1, 0.15) is 5.82 Å². The lowest BCUT2D eigenvalue weighted by atomic mass is 10.1. The number of hydrogen-bond acceptors (Lipinski definition) is 7. The van der Waals surface area contributed by atoms with Gasteiger partial charge < -0.3 is 19.7 Å². The molecule has 0 unspecified atom stereocenters. The molecule has 0 spiro atoms. The lowest BCUT2D eigenvalue weighted by Crippen LogP contribution is -2.41. The van der Waals surface area contributed by atoms with Crippen molar-refractivity contribution in [1.29, 1.82) is 0 Å². The standard InChI is InChI=1S/C23H23ClFN5O5/c1-14(31)26-19-12-16(4-6-18(19)25)30-23(33)29(22(32)21(27-30)34-2)13-15-3-5-17(24)20(11-15)28-7-9-35-10-8-28/h3-6,11-12H,7-10,13H2,1-2H3,(H,26,31). The second kappa shape index (κ2) is 10.3. The van der Waals surface area contributed by atoms with Gasteiger partial charge in [-0.1, -0.05) is 17.7 Å². The molecule has 2 heterocycles. The van der Waals surface area contributed by atoms with Gasteiger partial charge in [0.05, 0.1) is 49.0 Å². The van der Waals surface area contributed by atoms with E-state index in [1.54, 1.807) is 12.1 Å². The normalized spacial score (nSPS) is 13.5. The van der Waals surface area contributed by atoms with Crippen molar-refractivity contribution in [3.8, 4) is 11.6 Å². The second-order valence-corrected chi connectivity index (χ2v) is 8.23. The van der Waals surface area contributed by atoms with E-state index in [0.29, 0.717) is 36.9 Å². The maximum absolute atomic E-state index is 14.1. The zero-order valence-electron chi connectivity index (χ0n) is 19.1. The summed E-state index contributed by atoms with van der Waals surface area (Å²) in [5.41, 5.74) is -0.0428. The van der Waals surface area contributed by atoms with Crippen LogP contribution in [0.25, 0.3) is 5.69 Å². The first-order valence-electron chi connectivity index (χ1n) is 10.8. The fraction of sp³-hybridized carbons (Fsp3) is 0.304. The Morgan fingerprint density at radius 2 is 1.94 bits per heavy atom. The number of morpholine rings is 1. The zero-order valence-corrected chi connectivity index (χ0v) is 19.8. The molecule has 184 valence electrons. The van der Waals surface area contributed by atoms with E-state index in [0.717, 1.165) is 21.0 Å². The summed E-state index contributed by atoms with van der Waals surface area (Å²) >= 11 is 6.40. The number of benzene rings is 2. The molecule has 0 aliphatic carbocycles. The number of ether oxygens (including phenoxy) is 2. The molecule has 0 radical (unpaired) electrons. The SMILES string of the molecule is COc1nn(-c2ccc(F)c(NC(C)=O)c2)c(=O)n(Cc2ccc(Cl)c(N3CCOCC3)c2)c1=O. The van der Waals surface area contributed by atoms with Crippen LogP contribution in [0.2, 0.25) is 5.02 Å². The molecule has 1 aromatic heterocycles. The molecule has 0 saturated carbocycles. The molecule has 10 nitrogen and oxygen atoms in total. The summed E-state index contributed by atoms with van der Waals surface area (Å²) < 4.78 is 26.5. The summed E-state index contributed by atoms with van der Waals surface area (Å²) in [5, 5.41) is 6.89. The molecule has 1 N–H and O–H groups in total. The summed E-state index contributed by atoms with van der Waals surface area (Å²) in [5.74, 6) is -1.49. The number of halogens is 2. The van der Waals surface area contributed by atoms with Gasteiger partial charge in [0.2, 0.25) is 5.91 Å². The number of anilines is 2. The fourth-order valence-corrected chi connectivity index (χ4v) is 3.98. The summed E-state index contributed by atoms with van der Waals surface area (Å²) in [6, 6.07) is 8.90. The first kappa shape index (κ1) is 24.4. The van der Waals surface area contributed by atoms with E-state index >= 15 is 0 Å². The van der Waals surface area contributed by atoms with Crippen LogP contribution in [0.4, 0.5) is 15.8 Å². The molecule has 1 saturated heterocycles. The first-order valence-corrected chi connectivity index (χ1v) is 11.1. The highest BCUT2D eigenvalue weighted by molar-refractivity contribution is 6.33. The van der Waals surface area contributed by atoms with Gasteiger partial charge in [-0.3, -0.25) is 9.59 Å². The van der Waals surface area contributed by atoms with Crippen molar-refractivity contribution in [3.05, 3.63) is 73.6 Å². The predicted molar refractivity (Wildman–Crippen MR) is 128 cm³/mol. The minimum absolute atomic E-state index is 0.0786. The average molecular weight is 504 g/mol. The number of methoxy groups -OCH3 is 1. The van der Waals surface area contributed by atoms with E-state index in [9.17, 15) is 18.8 Å². The lowest BCUT2D eigenvalue weighted by molar-refractivity contribution is -0.114. The molecule has 1 aliphatic rings. The van der Waals surface area contributed by atoms with Crippen LogP contribution in [0.3, 0.4) is 0 Å². The molecule has 1 aliphatic heterocycles. The van der Waals surface area contributed by atoms with Crippen molar-refractivity contribution >= 4 is 28.9 Å². The third kappa shape index (κ3) is 5.20. The third-order valence-corrected chi connectivity index (χ3v) is 5.75. The van der Waals surface area contributed by atoms with Crippen molar-refractivity contribution in [2.45, 2.75) is 13.5 Å². The van der Waals surface area contributed by atoms with E-state index in [2.05, 4.69) is 15.3 Å². The molecule has 3 aromatic rings. The van der Waals surface area contributed by atoms with E-state index in [4.69, 9.17) is 21.1 Å². The Bertz CT molecular complexity index is 1380. The van der Waals surface area contributed by atoms with Gasteiger partial charge >= 0.3 is 11.2 Å². The minimum atomic E-state index is -0.765. The smallest absolute Gasteiger partial charge is 0.352 e. The van der Waals surface area contributed by atoms with E-state index in [1.165, 1.54) is 26.2 Å². The summed E-state index contributed by atoms with van der Waals surface area (Å²) in [7, 11) is 1.26. The number of carbonyl (C=O) groups excluding carboxylic acids is 1. The van der Waals surface area contributed by atoms with Crippen LogP contribution < -0.4 is 26.2 Å². The largest absolute Gasteiger partial charge is 0.476 e.